The molecule has 0 atom stereocenters. The summed E-state index contributed by atoms with van der Waals surface area (Å²) in [6, 6.07) is 7.21. The van der Waals surface area contributed by atoms with Crippen LogP contribution in [-0.4, -0.2) is 28.8 Å². The number of aliphatic hydroxyl groups excluding tert-OH is 1. The second kappa shape index (κ2) is 5.26. The highest BCUT2D eigenvalue weighted by Gasteiger charge is 2.26. The minimum Gasteiger partial charge on any atom is -0.475 e. The van der Waals surface area contributed by atoms with E-state index >= 15 is 0 Å². The van der Waals surface area contributed by atoms with Gasteiger partial charge in [0.15, 0.2) is 0 Å². The van der Waals surface area contributed by atoms with Crippen molar-refractivity contribution in [1.82, 2.24) is 5.32 Å². The molecule has 5 nitrogen and oxygen atoms in total. The Kier molecular flexibility index (Phi) is 3.46. The van der Waals surface area contributed by atoms with Crippen molar-refractivity contribution < 1.29 is 19.4 Å². The maximum absolute atomic E-state index is 10.8. The first-order chi connectivity index (χ1) is 9.61. The van der Waals surface area contributed by atoms with E-state index in [0.717, 1.165) is 36.9 Å². The molecule has 0 bridgehead atoms. The van der Waals surface area contributed by atoms with E-state index in [9.17, 15) is 9.90 Å². The van der Waals surface area contributed by atoms with Gasteiger partial charge in [-0.25, -0.2) is 4.79 Å². The number of carboxylic acid groups (broad SMARTS) is 1. The van der Waals surface area contributed by atoms with Gasteiger partial charge in [0.2, 0.25) is 5.76 Å². The number of nitrogens with one attached hydrogen (secondary N) is 1. The molecule has 0 saturated heterocycles. The zero-order chi connectivity index (χ0) is 14.1. The topological polar surface area (TPSA) is 82.7 Å². The lowest BCUT2D eigenvalue weighted by atomic mass is 9.82. The van der Waals surface area contributed by atoms with E-state index < -0.39 is 5.97 Å². The van der Waals surface area contributed by atoms with Crippen LogP contribution in [0.25, 0.3) is 11.0 Å². The molecule has 0 aliphatic heterocycles. The van der Waals surface area contributed by atoms with E-state index in [2.05, 4.69) is 5.32 Å². The second-order valence-electron chi connectivity index (χ2n) is 5.41. The van der Waals surface area contributed by atoms with E-state index in [1.165, 1.54) is 0 Å². The summed E-state index contributed by atoms with van der Waals surface area (Å²) >= 11 is 0. The molecule has 0 spiro atoms. The van der Waals surface area contributed by atoms with Crippen LogP contribution in [0.5, 0.6) is 0 Å². The molecule has 2 aromatic rings. The summed E-state index contributed by atoms with van der Waals surface area (Å²) in [4.78, 5) is 10.8. The quantitative estimate of drug-likeness (QED) is 0.777. The molecule has 106 valence electrons. The maximum Gasteiger partial charge on any atom is 0.371 e. The molecule has 20 heavy (non-hydrogen) atoms. The molecule has 1 saturated carbocycles. The summed E-state index contributed by atoms with van der Waals surface area (Å²) in [6.07, 6.45) is 1.66. The third-order valence-corrected chi connectivity index (χ3v) is 3.76. The Morgan fingerprint density at radius 2 is 2.15 bits per heavy atom. The number of aliphatic hydroxyl groups is 1. The lowest BCUT2D eigenvalue weighted by Crippen LogP contribution is -2.35. The number of carboxylic acids is 1. The average Bonchev–Trinajstić information content (AvgIpc) is 2.80. The van der Waals surface area contributed by atoms with Crippen molar-refractivity contribution in [2.45, 2.75) is 25.5 Å². The van der Waals surface area contributed by atoms with E-state index in [-0.39, 0.29) is 11.9 Å². The number of aromatic carboxylic acids is 1. The third-order valence-electron chi connectivity index (χ3n) is 3.76. The zero-order valence-corrected chi connectivity index (χ0v) is 11.0. The first kappa shape index (κ1) is 13.1. The Morgan fingerprint density at radius 1 is 1.35 bits per heavy atom. The predicted molar refractivity (Wildman–Crippen MR) is 73.6 cm³/mol. The molecule has 0 radical (unpaired) electrons. The number of rotatable bonds is 5. The molecular weight excluding hydrogens is 258 g/mol. The van der Waals surface area contributed by atoms with Gasteiger partial charge in [0.05, 0.1) is 6.10 Å². The van der Waals surface area contributed by atoms with Gasteiger partial charge >= 0.3 is 5.97 Å². The molecule has 1 aromatic carbocycles. The second-order valence-corrected chi connectivity index (χ2v) is 5.41. The molecule has 0 amide bonds. The highest BCUT2D eigenvalue weighted by molar-refractivity contribution is 5.91. The summed E-state index contributed by atoms with van der Waals surface area (Å²) in [7, 11) is 0. The number of hydrogen-bond donors (Lipinski definition) is 3. The molecular formula is C15H17NO4. The number of carbonyl (C=O) groups is 1. The molecule has 3 N–H and O–H groups in total. The van der Waals surface area contributed by atoms with Crippen molar-refractivity contribution in [3.63, 3.8) is 0 Å². The fourth-order valence-corrected chi connectivity index (χ4v) is 2.60. The van der Waals surface area contributed by atoms with Crippen molar-refractivity contribution in [3.05, 3.63) is 35.6 Å². The highest BCUT2D eigenvalue weighted by atomic mass is 16.4. The molecule has 0 unspecified atom stereocenters. The molecule has 1 fully saturated rings. The largest absolute Gasteiger partial charge is 0.475 e. The number of benzene rings is 1. The van der Waals surface area contributed by atoms with Crippen LogP contribution >= 0.6 is 0 Å². The van der Waals surface area contributed by atoms with Crippen molar-refractivity contribution in [1.29, 1.82) is 0 Å². The standard InChI is InChI=1S/C15H17NO4/c17-12-4-10(5-12)8-16-7-9-1-2-13-11(3-9)6-14(20-13)15(18)19/h1-3,6,10,12,16-17H,4-5,7-8H2,(H,18,19). The van der Waals surface area contributed by atoms with Crippen molar-refractivity contribution in [3.8, 4) is 0 Å². The summed E-state index contributed by atoms with van der Waals surface area (Å²) < 4.78 is 5.22. The van der Waals surface area contributed by atoms with Gasteiger partial charge in [0, 0.05) is 11.9 Å². The van der Waals surface area contributed by atoms with Gasteiger partial charge < -0.3 is 19.9 Å². The normalized spacial score (nSPS) is 21.9. The van der Waals surface area contributed by atoms with Gasteiger partial charge in [-0.15, -0.1) is 0 Å². The van der Waals surface area contributed by atoms with E-state index in [0.29, 0.717) is 11.5 Å². The number of hydrogen-bond acceptors (Lipinski definition) is 4. The molecule has 1 heterocycles. The minimum atomic E-state index is -1.05. The zero-order valence-electron chi connectivity index (χ0n) is 11.0. The Bertz CT molecular complexity index is 628. The summed E-state index contributed by atoms with van der Waals surface area (Å²) in [6.45, 7) is 1.64. The van der Waals surface area contributed by atoms with Gasteiger partial charge in [0.25, 0.3) is 0 Å². The molecule has 3 rings (SSSR count). The lowest BCUT2D eigenvalue weighted by molar-refractivity contribution is 0.0429. The van der Waals surface area contributed by atoms with Crippen LogP contribution in [0.2, 0.25) is 0 Å². The smallest absolute Gasteiger partial charge is 0.371 e. The third kappa shape index (κ3) is 2.69. The van der Waals surface area contributed by atoms with Gasteiger partial charge in [-0.05, 0) is 49.1 Å². The minimum absolute atomic E-state index is 0.0337. The fraction of sp³-hybridized carbons (Fsp3) is 0.400. The van der Waals surface area contributed by atoms with Gasteiger partial charge in [-0.2, -0.15) is 0 Å². The molecule has 5 heteroatoms. The summed E-state index contributed by atoms with van der Waals surface area (Å²) in [5, 5.41) is 22.3. The maximum atomic E-state index is 10.8. The van der Waals surface area contributed by atoms with Crippen molar-refractivity contribution >= 4 is 16.9 Å². The summed E-state index contributed by atoms with van der Waals surface area (Å²) in [5.41, 5.74) is 1.68. The Morgan fingerprint density at radius 3 is 2.85 bits per heavy atom. The Hall–Kier alpha value is -1.85. The van der Waals surface area contributed by atoms with Crippen LogP contribution in [0.15, 0.2) is 28.7 Å². The lowest BCUT2D eigenvalue weighted by Gasteiger charge is -2.31. The summed E-state index contributed by atoms with van der Waals surface area (Å²) in [5.74, 6) is -0.515. The van der Waals surface area contributed by atoms with Gasteiger partial charge in [0.1, 0.15) is 5.58 Å². The van der Waals surface area contributed by atoms with E-state index in [1.807, 2.05) is 12.1 Å². The van der Waals surface area contributed by atoms with E-state index in [1.54, 1.807) is 12.1 Å². The molecule has 1 aromatic heterocycles. The van der Waals surface area contributed by atoms with Crippen molar-refractivity contribution in [2.75, 3.05) is 6.54 Å². The van der Waals surface area contributed by atoms with Crippen LogP contribution in [-0.2, 0) is 6.54 Å². The number of furan rings is 1. The average molecular weight is 275 g/mol. The van der Waals surface area contributed by atoms with E-state index in [4.69, 9.17) is 9.52 Å². The van der Waals surface area contributed by atoms with Gasteiger partial charge in [-0.3, -0.25) is 0 Å². The fourth-order valence-electron chi connectivity index (χ4n) is 2.60. The highest BCUT2D eigenvalue weighted by Crippen LogP contribution is 2.26. The molecule has 1 aliphatic carbocycles. The SMILES string of the molecule is O=C(O)c1cc2cc(CNCC3CC(O)C3)ccc2o1. The predicted octanol–water partition coefficient (Wildman–Crippen LogP) is 1.99. The van der Waals surface area contributed by atoms with Crippen LogP contribution in [0.1, 0.15) is 29.0 Å². The van der Waals surface area contributed by atoms with Crippen LogP contribution in [0.3, 0.4) is 0 Å². The van der Waals surface area contributed by atoms with Crippen molar-refractivity contribution in [2.24, 2.45) is 5.92 Å². The number of fused-ring (bicyclic) bond motifs is 1. The van der Waals surface area contributed by atoms with Gasteiger partial charge in [-0.1, -0.05) is 6.07 Å². The Labute approximate surface area is 116 Å². The Balaban J connectivity index is 1.61. The first-order valence-corrected chi connectivity index (χ1v) is 6.76. The monoisotopic (exact) mass is 275 g/mol. The molecule has 1 aliphatic rings. The van der Waals surface area contributed by atoms with Crippen LogP contribution in [0.4, 0.5) is 0 Å². The van der Waals surface area contributed by atoms with Crippen LogP contribution in [0, 0.1) is 5.92 Å². The van der Waals surface area contributed by atoms with Crippen LogP contribution < -0.4 is 5.32 Å². The first-order valence-electron chi connectivity index (χ1n) is 6.76.